The second kappa shape index (κ2) is 9.46. The van der Waals surface area contributed by atoms with Crippen molar-refractivity contribution in [1.29, 1.82) is 5.26 Å². The quantitative estimate of drug-likeness (QED) is 0.321. The Balaban J connectivity index is 1.47. The van der Waals surface area contributed by atoms with Gasteiger partial charge in [0.15, 0.2) is 5.82 Å². The SMILES string of the molecule is Cc1cc(NS(=O)(=O)c2ccc(NC=C(C#N)c3nc(-c4ccc(Cl)cc4)cs3)cc2)no1. The van der Waals surface area contributed by atoms with Crippen LogP contribution in [-0.2, 0) is 10.0 Å². The Kier molecular flexibility index (Phi) is 6.46. The monoisotopic (exact) mass is 497 g/mol. The minimum absolute atomic E-state index is 0.0609. The summed E-state index contributed by atoms with van der Waals surface area (Å²) in [5, 5.41) is 19.3. The van der Waals surface area contributed by atoms with E-state index in [4.69, 9.17) is 16.1 Å². The van der Waals surface area contributed by atoms with Crippen LogP contribution in [0.1, 0.15) is 10.8 Å². The summed E-state index contributed by atoms with van der Waals surface area (Å²) in [5.41, 5.74) is 2.60. The summed E-state index contributed by atoms with van der Waals surface area (Å²) >= 11 is 7.28. The van der Waals surface area contributed by atoms with Gasteiger partial charge >= 0.3 is 0 Å². The van der Waals surface area contributed by atoms with Gasteiger partial charge in [0.1, 0.15) is 22.4 Å². The molecule has 4 rings (SSSR count). The number of aryl methyl sites for hydroxylation is 1. The molecule has 0 saturated heterocycles. The number of rotatable bonds is 7. The highest BCUT2D eigenvalue weighted by atomic mass is 35.5. The molecular weight excluding hydrogens is 482 g/mol. The van der Waals surface area contributed by atoms with E-state index in [1.165, 1.54) is 35.7 Å². The number of anilines is 2. The molecule has 2 heterocycles. The predicted octanol–water partition coefficient (Wildman–Crippen LogP) is 5.54. The highest BCUT2D eigenvalue weighted by molar-refractivity contribution is 7.92. The molecule has 0 saturated carbocycles. The van der Waals surface area contributed by atoms with Gasteiger partial charge in [-0.3, -0.25) is 4.72 Å². The van der Waals surface area contributed by atoms with Crippen molar-refractivity contribution in [2.75, 3.05) is 10.0 Å². The Morgan fingerprint density at radius 3 is 2.55 bits per heavy atom. The molecule has 2 aromatic heterocycles. The van der Waals surface area contributed by atoms with Crippen molar-refractivity contribution in [3.05, 3.63) is 82.0 Å². The van der Waals surface area contributed by atoms with Gasteiger partial charge in [-0.25, -0.2) is 13.4 Å². The second-order valence-corrected chi connectivity index (χ2v) is 9.79. The van der Waals surface area contributed by atoms with Crippen LogP contribution in [0.4, 0.5) is 11.5 Å². The van der Waals surface area contributed by atoms with Crippen LogP contribution in [0.15, 0.2) is 75.6 Å². The lowest BCUT2D eigenvalue weighted by Crippen LogP contribution is -2.13. The summed E-state index contributed by atoms with van der Waals surface area (Å²) in [7, 11) is -3.81. The van der Waals surface area contributed by atoms with E-state index in [-0.39, 0.29) is 10.7 Å². The van der Waals surface area contributed by atoms with E-state index in [9.17, 15) is 13.7 Å². The van der Waals surface area contributed by atoms with Crippen LogP contribution in [0.5, 0.6) is 0 Å². The number of halogens is 1. The van der Waals surface area contributed by atoms with Gasteiger partial charge < -0.3 is 9.84 Å². The lowest BCUT2D eigenvalue weighted by atomic mass is 10.2. The van der Waals surface area contributed by atoms with Crippen LogP contribution in [-0.4, -0.2) is 18.6 Å². The molecule has 166 valence electrons. The summed E-state index contributed by atoms with van der Waals surface area (Å²) in [6.07, 6.45) is 1.53. The first kappa shape index (κ1) is 22.5. The van der Waals surface area contributed by atoms with Crippen LogP contribution >= 0.6 is 22.9 Å². The Morgan fingerprint density at radius 1 is 1.18 bits per heavy atom. The summed E-state index contributed by atoms with van der Waals surface area (Å²) in [5.74, 6) is 0.602. The topological polar surface area (TPSA) is 121 Å². The molecule has 0 aliphatic carbocycles. The summed E-state index contributed by atoms with van der Waals surface area (Å²) in [4.78, 5) is 4.59. The van der Waals surface area contributed by atoms with E-state index in [2.05, 4.69) is 26.2 Å². The lowest BCUT2D eigenvalue weighted by molar-refractivity contribution is 0.400. The smallest absolute Gasteiger partial charge is 0.263 e. The Bertz CT molecular complexity index is 1450. The van der Waals surface area contributed by atoms with E-state index in [1.54, 1.807) is 31.2 Å². The second-order valence-electron chi connectivity index (χ2n) is 6.81. The van der Waals surface area contributed by atoms with Gasteiger partial charge in [-0.15, -0.1) is 11.3 Å². The molecule has 0 spiro atoms. The number of nitrogens with one attached hydrogen (secondary N) is 2. The van der Waals surface area contributed by atoms with Crippen molar-refractivity contribution in [3.8, 4) is 17.3 Å². The first-order chi connectivity index (χ1) is 15.8. The molecule has 0 amide bonds. The van der Waals surface area contributed by atoms with E-state index in [1.807, 2.05) is 17.5 Å². The minimum Gasteiger partial charge on any atom is -0.360 e. The number of thiazole rings is 1. The molecule has 0 aliphatic heterocycles. The number of nitriles is 1. The van der Waals surface area contributed by atoms with Crippen LogP contribution < -0.4 is 10.0 Å². The third kappa shape index (κ3) is 5.40. The van der Waals surface area contributed by atoms with Gasteiger partial charge in [0.25, 0.3) is 10.0 Å². The summed E-state index contributed by atoms with van der Waals surface area (Å²) in [6, 6.07) is 17.0. The summed E-state index contributed by atoms with van der Waals surface area (Å²) < 4.78 is 32.2. The van der Waals surface area contributed by atoms with Crippen molar-refractivity contribution >= 4 is 50.0 Å². The molecule has 0 atom stereocenters. The van der Waals surface area contributed by atoms with Crippen molar-refractivity contribution < 1.29 is 12.9 Å². The largest absolute Gasteiger partial charge is 0.360 e. The zero-order valence-electron chi connectivity index (χ0n) is 17.1. The molecule has 33 heavy (non-hydrogen) atoms. The molecule has 8 nitrogen and oxygen atoms in total. The number of aromatic nitrogens is 2. The number of allylic oxidation sites excluding steroid dienone is 1. The molecule has 0 radical (unpaired) electrons. The molecule has 2 aromatic carbocycles. The van der Waals surface area contributed by atoms with Gasteiger partial charge in [-0.05, 0) is 43.3 Å². The van der Waals surface area contributed by atoms with E-state index >= 15 is 0 Å². The van der Waals surface area contributed by atoms with E-state index in [0.29, 0.717) is 27.1 Å². The fraction of sp³-hybridized carbons (Fsp3) is 0.0455. The Labute approximate surface area is 199 Å². The fourth-order valence-corrected chi connectivity index (χ4v) is 4.69. The first-order valence-electron chi connectivity index (χ1n) is 9.49. The normalized spacial score (nSPS) is 11.7. The molecule has 0 fully saturated rings. The third-order valence-electron chi connectivity index (χ3n) is 4.41. The molecular formula is C22H16ClN5O3S2. The number of benzene rings is 2. The number of sulfonamides is 1. The maximum atomic E-state index is 12.5. The zero-order chi connectivity index (χ0) is 23.4. The van der Waals surface area contributed by atoms with Crippen molar-refractivity contribution in [2.24, 2.45) is 0 Å². The molecule has 11 heteroatoms. The molecule has 0 unspecified atom stereocenters. The molecule has 2 N–H and O–H groups in total. The highest BCUT2D eigenvalue weighted by Crippen LogP contribution is 2.27. The standard InChI is InChI=1S/C22H16ClN5O3S2/c1-14-10-21(27-31-14)28-33(29,30)19-8-6-18(7-9-19)25-12-16(11-24)22-26-20(13-32-22)15-2-4-17(23)5-3-15/h2-10,12-13,25H,1H3,(H,27,28). The number of hydrogen-bond donors (Lipinski definition) is 2. The maximum Gasteiger partial charge on any atom is 0.263 e. The number of nitrogens with zero attached hydrogens (tertiary/aromatic N) is 3. The highest BCUT2D eigenvalue weighted by Gasteiger charge is 2.16. The predicted molar refractivity (Wildman–Crippen MR) is 128 cm³/mol. The van der Waals surface area contributed by atoms with E-state index in [0.717, 1.165) is 11.3 Å². The number of hydrogen-bond acceptors (Lipinski definition) is 8. The van der Waals surface area contributed by atoms with Crippen LogP contribution in [0.2, 0.25) is 5.02 Å². The van der Waals surface area contributed by atoms with E-state index < -0.39 is 10.0 Å². The maximum absolute atomic E-state index is 12.5. The Hall–Kier alpha value is -3.65. The van der Waals surface area contributed by atoms with Gasteiger partial charge in [-0.1, -0.05) is 28.9 Å². The van der Waals surface area contributed by atoms with Crippen molar-refractivity contribution in [3.63, 3.8) is 0 Å². The van der Waals surface area contributed by atoms with Crippen LogP contribution in [0.3, 0.4) is 0 Å². The van der Waals surface area contributed by atoms with Crippen molar-refractivity contribution in [2.45, 2.75) is 11.8 Å². The van der Waals surface area contributed by atoms with Crippen LogP contribution in [0.25, 0.3) is 16.8 Å². The first-order valence-corrected chi connectivity index (χ1v) is 12.2. The minimum atomic E-state index is -3.81. The van der Waals surface area contributed by atoms with Gasteiger partial charge in [-0.2, -0.15) is 5.26 Å². The fourth-order valence-electron chi connectivity index (χ4n) is 2.79. The zero-order valence-corrected chi connectivity index (χ0v) is 19.5. The average Bonchev–Trinajstić information content (AvgIpc) is 3.44. The van der Waals surface area contributed by atoms with Gasteiger partial charge in [0, 0.05) is 33.9 Å². The van der Waals surface area contributed by atoms with Crippen molar-refractivity contribution in [1.82, 2.24) is 10.1 Å². The van der Waals surface area contributed by atoms with Crippen LogP contribution in [0, 0.1) is 18.3 Å². The molecule has 4 aromatic rings. The Morgan fingerprint density at radius 2 is 1.91 bits per heavy atom. The molecule has 0 bridgehead atoms. The van der Waals surface area contributed by atoms with Gasteiger partial charge in [0.2, 0.25) is 0 Å². The molecule has 0 aliphatic rings. The average molecular weight is 498 g/mol. The summed E-state index contributed by atoms with van der Waals surface area (Å²) in [6.45, 7) is 1.67. The lowest BCUT2D eigenvalue weighted by Gasteiger charge is -2.06. The van der Waals surface area contributed by atoms with Gasteiger partial charge in [0.05, 0.1) is 10.6 Å². The third-order valence-corrected chi connectivity index (χ3v) is 6.91.